The van der Waals surface area contributed by atoms with E-state index in [9.17, 15) is 0 Å². The molecule has 0 amide bonds. The molecule has 0 N–H and O–H groups in total. The lowest BCUT2D eigenvalue weighted by molar-refractivity contribution is -0.0370. The molecule has 0 aliphatic carbocycles. The van der Waals surface area contributed by atoms with Gasteiger partial charge >= 0.3 is 0 Å². The topological polar surface area (TPSA) is 78.4 Å². The predicted octanol–water partition coefficient (Wildman–Crippen LogP) is 0.919. The minimum absolute atomic E-state index is 0.0841. The molecule has 0 radical (unpaired) electrons. The highest BCUT2D eigenvalue weighted by atomic mass is 16.5. The van der Waals surface area contributed by atoms with Crippen LogP contribution in [0.2, 0.25) is 0 Å². The van der Waals surface area contributed by atoms with Crippen LogP contribution < -0.4 is 0 Å². The van der Waals surface area contributed by atoms with Crippen LogP contribution in [0.4, 0.5) is 0 Å². The van der Waals surface area contributed by atoms with E-state index < -0.39 is 0 Å². The molecule has 3 heterocycles. The fourth-order valence-electron chi connectivity index (χ4n) is 2.77. The van der Waals surface area contributed by atoms with Crippen molar-refractivity contribution in [2.24, 2.45) is 0 Å². The van der Waals surface area contributed by atoms with Crippen molar-refractivity contribution >= 4 is 0 Å². The van der Waals surface area contributed by atoms with E-state index in [-0.39, 0.29) is 6.10 Å². The lowest BCUT2D eigenvalue weighted by atomic mass is 10.2. The Balaban J connectivity index is 1.50. The Hall–Kier alpha value is -1.77. The third kappa shape index (κ3) is 4.37. The van der Waals surface area contributed by atoms with Crippen LogP contribution in [-0.2, 0) is 22.4 Å². The maximum Gasteiger partial charge on any atom is 0.181 e. The van der Waals surface area contributed by atoms with Crippen LogP contribution in [0.5, 0.6) is 0 Å². The van der Waals surface area contributed by atoms with Crippen LogP contribution >= 0.6 is 0 Å². The molecule has 0 spiro atoms. The molecule has 1 atom stereocenters. The van der Waals surface area contributed by atoms with Crippen LogP contribution in [-0.4, -0.2) is 65.1 Å². The molecule has 0 bridgehead atoms. The Kier molecular flexibility index (Phi) is 5.73. The van der Waals surface area contributed by atoms with Crippen molar-refractivity contribution in [3.63, 3.8) is 0 Å². The summed E-state index contributed by atoms with van der Waals surface area (Å²) in [4.78, 5) is 2.40. The first-order valence-electron chi connectivity index (χ1n) is 7.98. The van der Waals surface area contributed by atoms with E-state index in [1.165, 1.54) is 0 Å². The van der Waals surface area contributed by atoms with Gasteiger partial charge in [0.25, 0.3) is 0 Å². The van der Waals surface area contributed by atoms with Gasteiger partial charge in [0.2, 0.25) is 0 Å². The van der Waals surface area contributed by atoms with Gasteiger partial charge in [-0.25, -0.2) is 4.68 Å². The number of ether oxygens (including phenoxy) is 2. The third-order valence-electron chi connectivity index (χ3n) is 3.98. The molecule has 1 unspecified atom stereocenters. The van der Waals surface area contributed by atoms with E-state index in [2.05, 4.69) is 20.4 Å². The quantitative estimate of drug-likeness (QED) is 0.715. The highest BCUT2D eigenvalue weighted by Crippen LogP contribution is 2.20. The van der Waals surface area contributed by atoms with Gasteiger partial charge in [-0.2, -0.15) is 0 Å². The van der Waals surface area contributed by atoms with Gasteiger partial charge in [-0.3, -0.25) is 4.90 Å². The summed E-state index contributed by atoms with van der Waals surface area (Å²) in [5, 5.41) is 11.9. The van der Waals surface area contributed by atoms with Gasteiger partial charge in [0.1, 0.15) is 11.9 Å². The maximum atomic E-state index is 5.86. The van der Waals surface area contributed by atoms with Gasteiger partial charge in [-0.1, -0.05) is 0 Å². The number of hydrogen-bond acceptors (Lipinski definition) is 7. The number of hydrogen-bond donors (Lipinski definition) is 0. The fourth-order valence-corrected chi connectivity index (χ4v) is 2.77. The van der Waals surface area contributed by atoms with Crippen LogP contribution in [0.25, 0.3) is 0 Å². The Morgan fingerprint density at radius 2 is 2.35 bits per heavy atom. The molecule has 126 valence electrons. The van der Waals surface area contributed by atoms with Gasteiger partial charge in [-0.05, 0) is 35.5 Å². The second-order valence-corrected chi connectivity index (χ2v) is 5.60. The van der Waals surface area contributed by atoms with E-state index >= 15 is 0 Å². The van der Waals surface area contributed by atoms with Crippen LogP contribution in [0, 0.1) is 0 Å². The van der Waals surface area contributed by atoms with Crippen molar-refractivity contribution in [1.82, 2.24) is 25.1 Å². The monoisotopic (exact) mass is 321 g/mol. The second-order valence-electron chi connectivity index (χ2n) is 5.60. The molecule has 1 saturated heterocycles. The Morgan fingerprint density at radius 1 is 1.39 bits per heavy atom. The van der Waals surface area contributed by atoms with Gasteiger partial charge in [0.15, 0.2) is 5.82 Å². The van der Waals surface area contributed by atoms with E-state index in [0.29, 0.717) is 19.8 Å². The zero-order valence-corrected chi connectivity index (χ0v) is 13.4. The van der Waals surface area contributed by atoms with Crippen LogP contribution in [0.15, 0.2) is 22.8 Å². The normalized spacial score (nSPS) is 19.3. The Labute approximate surface area is 135 Å². The summed E-state index contributed by atoms with van der Waals surface area (Å²) in [6.07, 6.45) is 3.66. The molecule has 23 heavy (non-hydrogen) atoms. The van der Waals surface area contributed by atoms with Crippen molar-refractivity contribution in [2.75, 3.05) is 40.0 Å². The van der Waals surface area contributed by atoms with Crippen molar-refractivity contribution in [3.05, 3.63) is 30.0 Å². The lowest BCUT2D eigenvalue weighted by Gasteiger charge is -2.32. The highest BCUT2D eigenvalue weighted by Gasteiger charge is 2.26. The molecular weight excluding hydrogens is 298 g/mol. The molecule has 2 aromatic rings. The summed E-state index contributed by atoms with van der Waals surface area (Å²) in [5.74, 6) is 1.82. The molecule has 0 aromatic carbocycles. The molecule has 1 fully saturated rings. The number of rotatable bonds is 8. The van der Waals surface area contributed by atoms with Crippen molar-refractivity contribution < 1.29 is 13.9 Å². The zero-order chi connectivity index (χ0) is 15.9. The van der Waals surface area contributed by atoms with Crippen molar-refractivity contribution in [1.29, 1.82) is 0 Å². The Morgan fingerprint density at radius 3 is 3.17 bits per heavy atom. The van der Waals surface area contributed by atoms with Crippen molar-refractivity contribution in [3.8, 4) is 0 Å². The lowest BCUT2D eigenvalue weighted by Crippen LogP contribution is -2.40. The standard InChI is InChI=1S/C15H23N5O3/c1-21-10-8-20-15(16-17-18-20)14-12-19(7-11-23-14)6-2-4-13-5-3-9-22-13/h3,5,9,14H,2,4,6-8,10-12H2,1H3. The molecular formula is C15H23N5O3. The average Bonchev–Trinajstić information content (AvgIpc) is 3.25. The van der Waals surface area contributed by atoms with Crippen LogP contribution in [0.3, 0.4) is 0 Å². The summed E-state index contributed by atoms with van der Waals surface area (Å²) in [6, 6.07) is 3.95. The number of aryl methyl sites for hydroxylation is 1. The maximum absolute atomic E-state index is 5.86. The number of aromatic nitrogens is 4. The minimum atomic E-state index is -0.0841. The molecule has 3 rings (SSSR count). The first kappa shape index (κ1) is 16.1. The molecule has 0 saturated carbocycles. The molecule has 1 aliphatic rings. The van der Waals surface area contributed by atoms with E-state index in [1.807, 2.05) is 12.1 Å². The smallest absolute Gasteiger partial charge is 0.181 e. The Bertz CT molecular complexity index is 571. The summed E-state index contributed by atoms with van der Waals surface area (Å²) >= 11 is 0. The van der Waals surface area contributed by atoms with Crippen LogP contribution in [0.1, 0.15) is 24.1 Å². The summed E-state index contributed by atoms with van der Waals surface area (Å²) in [7, 11) is 1.67. The highest BCUT2D eigenvalue weighted by molar-refractivity contribution is 4.98. The van der Waals surface area contributed by atoms with E-state index in [4.69, 9.17) is 13.9 Å². The summed E-state index contributed by atoms with van der Waals surface area (Å²) < 4.78 is 18.1. The second kappa shape index (κ2) is 8.19. The van der Waals surface area contributed by atoms with Crippen molar-refractivity contribution in [2.45, 2.75) is 25.5 Å². The fraction of sp³-hybridized carbons (Fsp3) is 0.667. The van der Waals surface area contributed by atoms with Gasteiger partial charge in [0.05, 0.1) is 26.0 Å². The molecule has 1 aliphatic heterocycles. The number of methoxy groups -OCH3 is 1. The predicted molar refractivity (Wildman–Crippen MR) is 81.9 cm³/mol. The number of nitrogens with zero attached hydrogens (tertiary/aromatic N) is 5. The molecule has 8 heteroatoms. The largest absolute Gasteiger partial charge is 0.469 e. The first-order chi connectivity index (χ1) is 11.4. The van der Waals surface area contributed by atoms with E-state index in [1.54, 1.807) is 18.1 Å². The number of morpholine rings is 1. The van der Waals surface area contributed by atoms with Gasteiger partial charge in [-0.15, -0.1) is 5.10 Å². The van der Waals surface area contributed by atoms with Gasteiger partial charge in [0, 0.05) is 26.6 Å². The number of tetrazole rings is 1. The third-order valence-corrected chi connectivity index (χ3v) is 3.98. The average molecular weight is 321 g/mol. The SMILES string of the molecule is COCCn1nnnc1C1CN(CCCc2ccco2)CCO1. The van der Waals surface area contributed by atoms with Gasteiger partial charge < -0.3 is 13.9 Å². The van der Waals surface area contributed by atoms with E-state index in [0.717, 1.165) is 44.1 Å². The molecule has 2 aromatic heterocycles. The molecule has 8 nitrogen and oxygen atoms in total. The summed E-state index contributed by atoms with van der Waals surface area (Å²) in [6.45, 7) is 4.68. The zero-order valence-electron chi connectivity index (χ0n) is 13.4. The number of furan rings is 1. The first-order valence-corrected chi connectivity index (χ1v) is 7.98. The minimum Gasteiger partial charge on any atom is -0.469 e. The summed E-state index contributed by atoms with van der Waals surface area (Å²) in [5.41, 5.74) is 0.